The van der Waals surface area contributed by atoms with Gasteiger partial charge in [0.1, 0.15) is 0 Å². The van der Waals surface area contributed by atoms with Crippen LogP contribution in [0.3, 0.4) is 0 Å². The van der Waals surface area contributed by atoms with Gasteiger partial charge in [-0.3, -0.25) is 0 Å². The van der Waals surface area contributed by atoms with Gasteiger partial charge in [0.15, 0.2) is 0 Å². The molecular weight excluding hydrogens is 116 g/mol. The van der Waals surface area contributed by atoms with E-state index in [0.29, 0.717) is 6.54 Å². The highest BCUT2D eigenvalue weighted by Gasteiger charge is 1.82. The Morgan fingerprint density at radius 2 is 2.33 bits per heavy atom. The zero-order valence-electron chi connectivity index (χ0n) is 5.68. The first-order valence-electron chi connectivity index (χ1n) is 3.10. The second-order valence-electron chi connectivity index (χ2n) is 1.78. The number of hydrogen-bond donors (Lipinski definition) is 1. The van der Waals surface area contributed by atoms with Crippen molar-refractivity contribution in [1.82, 2.24) is 5.32 Å². The predicted octanol–water partition coefficient (Wildman–Crippen LogP) is 0.322. The van der Waals surface area contributed by atoms with Gasteiger partial charge in [-0.1, -0.05) is 0 Å². The van der Waals surface area contributed by atoms with E-state index in [1.165, 1.54) is 6.08 Å². The fourth-order valence-corrected chi connectivity index (χ4v) is 0.538. The Labute approximate surface area is 55.2 Å². The summed E-state index contributed by atoms with van der Waals surface area (Å²) in [6.45, 7) is 1.61. The smallest absolute Gasteiger partial charge is 0.234 e. The minimum atomic E-state index is 0.616. The van der Waals surface area contributed by atoms with Gasteiger partial charge in [0.05, 0.1) is 6.54 Å². The lowest BCUT2D eigenvalue weighted by atomic mass is 10.3. The van der Waals surface area contributed by atoms with Crippen molar-refractivity contribution >= 4 is 6.08 Å². The van der Waals surface area contributed by atoms with E-state index in [1.807, 2.05) is 7.05 Å². The van der Waals surface area contributed by atoms with Crippen molar-refractivity contribution in [3.63, 3.8) is 0 Å². The molecule has 0 radical (unpaired) electrons. The fraction of sp³-hybridized carbons (Fsp3) is 0.833. The van der Waals surface area contributed by atoms with Crippen LogP contribution in [0.15, 0.2) is 4.99 Å². The number of nitrogens with one attached hydrogen (secondary N) is 1. The molecule has 52 valence electrons. The molecule has 0 aromatic carbocycles. The third-order valence-electron chi connectivity index (χ3n) is 1.01. The molecule has 0 unspecified atom stereocenters. The minimum Gasteiger partial charge on any atom is -0.320 e. The summed E-state index contributed by atoms with van der Waals surface area (Å²) in [6, 6.07) is 0. The summed E-state index contributed by atoms with van der Waals surface area (Å²) >= 11 is 0. The van der Waals surface area contributed by atoms with E-state index < -0.39 is 0 Å². The summed E-state index contributed by atoms with van der Waals surface area (Å²) in [5, 5.41) is 3.00. The molecule has 0 heterocycles. The van der Waals surface area contributed by atoms with Gasteiger partial charge >= 0.3 is 0 Å². The van der Waals surface area contributed by atoms with E-state index in [0.717, 1.165) is 19.4 Å². The monoisotopic (exact) mass is 128 g/mol. The lowest BCUT2D eigenvalue weighted by molar-refractivity contribution is 0.561. The number of rotatable bonds is 5. The van der Waals surface area contributed by atoms with Gasteiger partial charge < -0.3 is 5.32 Å². The third-order valence-corrected chi connectivity index (χ3v) is 1.01. The number of aliphatic imine (C=N–C) groups is 1. The average Bonchev–Trinajstić information content (AvgIpc) is 1.89. The van der Waals surface area contributed by atoms with Crippen molar-refractivity contribution in [2.75, 3.05) is 20.1 Å². The van der Waals surface area contributed by atoms with Gasteiger partial charge in [-0.15, -0.1) is 0 Å². The average molecular weight is 128 g/mol. The molecule has 0 spiro atoms. The summed E-state index contributed by atoms with van der Waals surface area (Å²) in [6.07, 6.45) is 3.54. The van der Waals surface area contributed by atoms with E-state index in [4.69, 9.17) is 0 Å². The Hall–Kier alpha value is -0.660. The molecule has 0 amide bonds. The molecule has 0 aromatic rings. The van der Waals surface area contributed by atoms with Gasteiger partial charge in [-0.05, 0) is 26.4 Å². The molecule has 0 aliphatic heterocycles. The number of isocyanates is 1. The normalized spacial score (nSPS) is 8.56. The number of unbranched alkanes of at least 4 members (excludes halogenated alkanes) is 1. The van der Waals surface area contributed by atoms with Crippen LogP contribution in [-0.4, -0.2) is 26.2 Å². The van der Waals surface area contributed by atoms with Crippen molar-refractivity contribution in [1.29, 1.82) is 0 Å². The minimum absolute atomic E-state index is 0.616. The van der Waals surface area contributed by atoms with Crippen LogP contribution in [0.4, 0.5) is 0 Å². The molecule has 0 aromatic heterocycles. The molecule has 3 nitrogen and oxygen atoms in total. The van der Waals surface area contributed by atoms with Gasteiger partial charge in [0.25, 0.3) is 0 Å². The largest absolute Gasteiger partial charge is 0.320 e. The van der Waals surface area contributed by atoms with Gasteiger partial charge in [-0.25, -0.2) is 9.79 Å². The van der Waals surface area contributed by atoms with Crippen LogP contribution in [0, 0.1) is 0 Å². The molecule has 0 atom stereocenters. The number of hydrogen-bond acceptors (Lipinski definition) is 3. The van der Waals surface area contributed by atoms with Crippen LogP contribution < -0.4 is 5.32 Å². The first kappa shape index (κ1) is 8.34. The Bertz CT molecular complexity index is 97.2. The molecule has 9 heavy (non-hydrogen) atoms. The van der Waals surface area contributed by atoms with Crippen LogP contribution in [0.2, 0.25) is 0 Å². The molecule has 3 heteroatoms. The van der Waals surface area contributed by atoms with Crippen molar-refractivity contribution in [3.05, 3.63) is 0 Å². The molecule has 0 aliphatic rings. The highest BCUT2D eigenvalue weighted by molar-refractivity contribution is 5.32. The lowest BCUT2D eigenvalue weighted by Gasteiger charge is -1.93. The Morgan fingerprint density at radius 1 is 1.56 bits per heavy atom. The zero-order chi connectivity index (χ0) is 6.95. The second kappa shape index (κ2) is 7.34. The van der Waals surface area contributed by atoms with E-state index in [1.54, 1.807) is 0 Å². The molecule has 0 saturated heterocycles. The highest BCUT2D eigenvalue weighted by Crippen LogP contribution is 1.85. The summed E-state index contributed by atoms with van der Waals surface area (Å²) in [5.74, 6) is 0. The standard InChI is InChI=1S/C6H12N2O/c1-7-4-2-3-5-8-6-9/h7H,2-5H2,1H3. The van der Waals surface area contributed by atoms with Crippen LogP contribution in [-0.2, 0) is 4.79 Å². The van der Waals surface area contributed by atoms with Crippen molar-refractivity contribution in [2.24, 2.45) is 4.99 Å². The van der Waals surface area contributed by atoms with E-state index in [2.05, 4.69) is 10.3 Å². The maximum Gasteiger partial charge on any atom is 0.234 e. The van der Waals surface area contributed by atoms with Crippen molar-refractivity contribution < 1.29 is 4.79 Å². The van der Waals surface area contributed by atoms with Crippen molar-refractivity contribution in [3.8, 4) is 0 Å². The van der Waals surface area contributed by atoms with Gasteiger partial charge in [0.2, 0.25) is 6.08 Å². The topological polar surface area (TPSA) is 41.5 Å². The summed E-state index contributed by atoms with van der Waals surface area (Å²) in [4.78, 5) is 12.9. The molecule has 1 N–H and O–H groups in total. The van der Waals surface area contributed by atoms with Crippen LogP contribution in [0.5, 0.6) is 0 Å². The lowest BCUT2D eigenvalue weighted by Crippen LogP contribution is -2.07. The molecule has 0 bridgehead atoms. The molecule has 0 rings (SSSR count). The quantitative estimate of drug-likeness (QED) is 0.329. The zero-order valence-corrected chi connectivity index (χ0v) is 5.68. The first-order chi connectivity index (χ1) is 4.41. The highest BCUT2D eigenvalue weighted by atomic mass is 16.1. The van der Waals surface area contributed by atoms with Crippen LogP contribution in [0.25, 0.3) is 0 Å². The maximum absolute atomic E-state index is 9.53. The summed E-state index contributed by atoms with van der Waals surface area (Å²) in [7, 11) is 1.91. The molecule has 0 aliphatic carbocycles. The van der Waals surface area contributed by atoms with E-state index in [9.17, 15) is 4.79 Å². The fourth-order valence-electron chi connectivity index (χ4n) is 0.538. The Kier molecular flexibility index (Phi) is 6.80. The second-order valence-corrected chi connectivity index (χ2v) is 1.78. The summed E-state index contributed by atoms with van der Waals surface area (Å²) in [5.41, 5.74) is 0. The third kappa shape index (κ3) is 7.34. The molecule has 0 saturated carbocycles. The van der Waals surface area contributed by atoms with Crippen LogP contribution >= 0.6 is 0 Å². The van der Waals surface area contributed by atoms with E-state index in [-0.39, 0.29) is 0 Å². The SMILES string of the molecule is CNCCCCN=C=O. The molecular formula is C6H12N2O. The molecule has 0 fully saturated rings. The Balaban J connectivity index is 2.82. The number of nitrogens with zero attached hydrogens (tertiary/aromatic N) is 1. The predicted molar refractivity (Wildman–Crippen MR) is 36.1 cm³/mol. The van der Waals surface area contributed by atoms with Gasteiger partial charge in [0, 0.05) is 0 Å². The van der Waals surface area contributed by atoms with Crippen molar-refractivity contribution in [2.45, 2.75) is 12.8 Å². The van der Waals surface area contributed by atoms with E-state index >= 15 is 0 Å². The Morgan fingerprint density at radius 3 is 2.89 bits per heavy atom. The maximum atomic E-state index is 9.53. The first-order valence-corrected chi connectivity index (χ1v) is 3.10. The number of carbonyl (C=O) groups excluding carboxylic acids is 1. The van der Waals surface area contributed by atoms with Crippen LogP contribution in [0.1, 0.15) is 12.8 Å². The van der Waals surface area contributed by atoms with Gasteiger partial charge in [-0.2, -0.15) is 0 Å². The summed E-state index contributed by atoms with van der Waals surface area (Å²) < 4.78 is 0.